The summed E-state index contributed by atoms with van der Waals surface area (Å²) in [5.41, 5.74) is 7.29. The Balaban J connectivity index is 1.87. The average Bonchev–Trinajstić information content (AvgIpc) is 3.03. The van der Waals surface area contributed by atoms with Gasteiger partial charge in [0.25, 0.3) is 0 Å². The van der Waals surface area contributed by atoms with Crippen LogP contribution in [0, 0.1) is 6.92 Å². The van der Waals surface area contributed by atoms with Gasteiger partial charge < -0.3 is 10.5 Å². The number of carbonyl (C=O) groups is 1. The van der Waals surface area contributed by atoms with Crippen LogP contribution in [-0.2, 0) is 11.4 Å². The van der Waals surface area contributed by atoms with Gasteiger partial charge in [0.1, 0.15) is 12.4 Å². The second-order valence-electron chi connectivity index (χ2n) is 5.57. The normalized spacial score (nSPS) is 10.7. The molecule has 0 fully saturated rings. The fourth-order valence-corrected chi connectivity index (χ4v) is 3.09. The van der Waals surface area contributed by atoms with Crippen molar-refractivity contribution in [2.75, 3.05) is 5.75 Å². The van der Waals surface area contributed by atoms with Crippen molar-refractivity contribution in [3.8, 4) is 11.4 Å². The van der Waals surface area contributed by atoms with Gasteiger partial charge in [0.2, 0.25) is 5.91 Å². The molecule has 0 radical (unpaired) electrons. The molecule has 26 heavy (non-hydrogen) atoms. The monoisotopic (exact) mass is 388 g/mol. The van der Waals surface area contributed by atoms with E-state index in [1.165, 1.54) is 11.8 Å². The van der Waals surface area contributed by atoms with Crippen LogP contribution in [0.5, 0.6) is 5.75 Å². The largest absolute Gasteiger partial charge is 0.486 e. The Bertz CT molecular complexity index is 895. The number of halogens is 1. The predicted molar refractivity (Wildman–Crippen MR) is 102 cm³/mol. The number of thioether (sulfide) groups is 1. The van der Waals surface area contributed by atoms with Crippen LogP contribution in [0.4, 0.5) is 0 Å². The third-order valence-corrected chi connectivity index (χ3v) is 4.72. The summed E-state index contributed by atoms with van der Waals surface area (Å²) < 4.78 is 7.65. The molecule has 2 N–H and O–H groups in total. The number of hydrogen-bond donors (Lipinski definition) is 1. The standard InChI is InChI=1S/C18H17ClN4O2S/c1-12-2-6-14(7-3-12)23-17(21-22-18(23)26-11-16(20)24)10-25-15-8-4-13(19)5-9-15/h2-9H,10-11H2,1H3,(H2,20,24). The number of aromatic nitrogens is 3. The molecule has 1 heterocycles. The maximum atomic E-state index is 11.1. The molecule has 3 aromatic rings. The molecule has 2 aromatic carbocycles. The maximum absolute atomic E-state index is 11.1. The Morgan fingerprint density at radius 3 is 2.50 bits per heavy atom. The highest BCUT2D eigenvalue weighted by molar-refractivity contribution is 7.99. The minimum absolute atomic E-state index is 0.127. The first-order valence-corrected chi connectivity index (χ1v) is 9.20. The molecule has 8 heteroatoms. The summed E-state index contributed by atoms with van der Waals surface area (Å²) in [6.45, 7) is 2.24. The molecule has 1 amide bonds. The number of nitrogens with two attached hydrogens (primary N) is 1. The number of primary amides is 1. The van der Waals surface area contributed by atoms with Crippen LogP contribution in [0.2, 0.25) is 5.02 Å². The lowest BCUT2D eigenvalue weighted by Crippen LogP contribution is -2.14. The van der Waals surface area contributed by atoms with Crippen LogP contribution >= 0.6 is 23.4 Å². The van der Waals surface area contributed by atoms with Gasteiger partial charge in [0.15, 0.2) is 11.0 Å². The van der Waals surface area contributed by atoms with E-state index in [4.69, 9.17) is 22.1 Å². The molecule has 0 saturated heterocycles. The Hall–Kier alpha value is -2.51. The van der Waals surface area contributed by atoms with Crippen molar-refractivity contribution in [3.63, 3.8) is 0 Å². The summed E-state index contributed by atoms with van der Waals surface area (Å²) in [6.07, 6.45) is 0. The van der Waals surface area contributed by atoms with E-state index in [1.807, 2.05) is 35.8 Å². The van der Waals surface area contributed by atoms with Gasteiger partial charge in [-0.25, -0.2) is 0 Å². The fraction of sp³-hybridized carbons (Fsp3) is 0.167. The van der Waals surface area contributed by atoms with Crippen LogP contribution in [-0.4, -0.2) is 26.4 Å². The van der Waals surface area contributed by atoms with Gasteiger partial charge in [-0.15, -0.1) is 10.2 Å². The number of amides is 1. The number of benzene rings is 2. The van der Waals surface area contributed by atoms with Crippen molar-refractivity contribution in [1.82, 2.24) is 14.8 Å². The van der Waals surface area contributed by atoms with Crippen molar-refractivity contribution < 1.29 is 9.53 Å². The van der Waals surface area contributed by atoms with Gasteiger partial charge in [0.05, 0.1) is 5.75 Å². The number of ether oxygens (including phenoxy) is 1. The van der Waals surface area contributed by atoms with Crippen LogP contribution in [0.15, 0.2) is 53.7 Å². The fourth-order valence-electron chi connectivity index (χ4n) is 2.25. The van der Waals surface area contributed by atoms with Crippen LogP contribution < -0.4 is 10.5 Å². The van der Waals surface area contributed by atoms with E-state index in [-0.39, 0.29) is 12.4 Å². The smallest absolute Gasteiger partial charge is 0.227 e. The van der Waals surface area contributed by atoms with Crippen molar-refractivity contribution in [1.29, 1.82) is 0 Å². The van der Waals surface area contributed by atoms with Gasteiger partial charge in [-0.1, -0.05) is 41.1 Å². The topological polar surface area (TPSA) is 83.0 Å². The molecule has 0 saturated carbocycles. The van der Waals surface area contributed by atoms with Crippen LogP contribution in [0.25, 0.3) is 5.69 Å². The lowest BCUT2D eigenvalue weighted by molar-refractivity contribution is -0.115. The number of aryl methyl sites for hydroxylation is 1. The van der Waals surface area contributed by atoms with Crippen molar-refractivity contribution in [2.45, 2.75) is 18.7 Å². The first-order valence-electron chi connectivity index (χ1n) is 7.84. The third kappa shape index (κ3) is 4.56. The molecule has 1 aromatic heterocycles. The first kappa shape index (κ1) is 18.3. The number of rotatable bonds is 7. The lowest BCUT2D eigenvalue weighted by atomic mass is 10.2. The molecule has 0 unspecified atom stereocenters. The first-order chi connectivity index (χ1) is 12.5. The molecule has 0 spiro atoms. The van der Waals surface area contributed by atoms with Crippen LogP contribution in [0.1, 0.15) is 11.4 Å². The zero-order chi connectivity index (χ0) is 18.5. The lowest BCUT2D eigenvalue weighted by Gasteiger charge is -2.11. The van der Waals surface area contributed by atoms with E-state index in [9.17, 15) is 4.79 Å². The molecule has 3 rings (SSSR count). The summed E-state index contributed by atoms with van der Waals surface area (Å²) >= 11 is 7.13. The van der Waals surface area contributed by atoms with Gasteiger partial charge in [-0.3, -0.25) is 9.36 Å². The van der Waals surface area contributed by atoms with E-state index in [2.05, 4.69) is 10.2 Å². The number of hydrogen-bond acceptors (Lipinski definition) is 5. The van der Waals surface area contributed by atoms with Gasteiger partial charge in [0, 0.05) is 10.7 Å². The molecule has 6 nitrogen and oxygen atoms in total. The Morgan fingerprint density at radius 2 is 1.85 bits per heavy atom. The number of nitrogens with zero attached hydrogens (tertiary/aromatic N) is 3. The molecule has 0 atom stereocenters. The molecular weight excluding hydrogens is 372 g/mol. The van der Waals surface area contributed by atoms with E-state index in [0.29, 0.717) is 21.8 Å². The molecule has 0 bridgehead atoms. The highest BCUT2D eigenvalue weighted by atomic mass is 35.5. The van der Waals surface area contributed by atoms with Crippen molar-refractivity contribution in [2.24, 2.45) is 5.73 Å². The Labute approximate surface area is 160 Å². The molecular formula is C18H17ClN4O2S. The molecule has 0 aliphatic heterocycles. The predicted octanol–water partition coefficient (Wildman–Crippen LogP) is 3.39. The summed E-state index contributed by atoms with van der Waals surface area (Å²) in [4.78, 5) is 11.1. The highest BCUT2D eigenvalue weighted by Gasteiger charge is 2.16. The quantitative estimate of drug-likeness (QED) is 0.627. The molecule has 134 valence electrons. The highest BCUT2D eigenvalue weighted by Crippen LogP contribution is 2.23. The summed E-state index contributed by atoms with van der Waals surface area (Å²) in [5, 5.41) is 9.62. The van der Waals surface area contributed by atoms with Gasteiger partial charge in [-0.2, -0.15) is 0 Å². The van der Waals surface area contributed by atoms with E-state index in [0.717, 1.165) is 11.3 Å². The minimum atomic E-state index is -0.410. The van der Waals surface area contributed by atoms with Crippen molar-refractivity contribution in [3.05, 3.63) is 64.9 Å². The van der Waals surface area contributed by atoms with E-state index < -0.39 is 5.91 Å². The SMILES string of the molecule is Cc1ccc(-n2c(COc3ccc(Cl)cc3)nnc2SCC(N)=O)cc1. The zero-order valence-electron chi connectivity index (χ0n) is 14.1. The number of carbonyl (C=O) groups excluding carboxylic acids is 1. The summed E-state index contributed by atoms with van der Waals surface area (Å²) in [5.74, 6) is 1.02. The van der Waals surface area contributed by atoms with Gasteiger partial charge in [-0.05, 0) is 43.3 Å². The zero-order valence-corrected chi connectivity index (χ0v) is 15.6. The molecule has 0 aliphatic rings. The minimum Gasteiger partial charge on any atom is -0.486 e. The summed E-state index contributed by atoms with van der Waals surface area (Å²) in [7, 11) is 0. The van der Waals surface area contributed by atoms with Crippen LogP contribution in [0.3, 0.4) is 0 Å². The van der Waals surface area contributed by atoms with E-state index >= 15 is 0 Å². The maximum Gasteiger partial charge on any atom is 0.227 e. The van der Waals surface area contributed by atoms with Gasteiger partial charge >= 0.3 is 0 Å². The molecule has 0 aliphatic carbocycles. The Morgan fingerprint density at radius 1 is 1.15 bits per heavy atom. The second-order valence-corrected chi connectivity index (χ2v) is 6.95. The summed E-state index contributed by atoms with van der Waals surface area (Å²) in [6, 6.07) is 15.0. The van der Waals surface area contributed by atoms with E-state index in [1.54, 1.807) is 24.3 Å². The third-order valence-electron chi connectivity index (χ3n) is 3.52. The second kappa shape index (κ2) is 8.25. The Kier molecular flexibility index (Phi) is 5.80. The average molecular weight is 389 g/mol. The van der Waals surface area contributed by atoms with Crippen molar-refractivity contribution >= 4 is 29.3 Å².